The Labute approximate surface area is 193 Å². The van der Waals surface area contributed by atoms with E-state index in [9.17, 15) is 9.18 Å². The number of hydrogen-bond acceptors (Lipinski definition) is 7. The average molecular weight is 465 g/mol. The van der Waals surface area contributed by atoms with Crippen LogP contribution in [-0.4, -0.2) is 48.8 Å². The molecular formula is C24H21FN4O3S. The van der Waals surface area contributed by atoms with Gasteiger partial charge < -0.3 is 19.7 Å². The number of anilines is 2. The number of amides is 1. The van der Waals surface area contributed by atoms with Gasteiger partial charge in [0.15, 0.2) is 6.61 Å². The molecule has 1 fully saturated rings. The number of morpholine rings is 1. The highest BCUT2D eigenvalue weighted by atomic mass is 32.1. The van der Waals surface area contributed by atoms with Crippen LogP contribution in [0, 0.1) is 5.82 Å². The van der Waals surface area contributed by atoms with Crippen LogP contribution in [0.4, 0.5) is 15.8 Å². The molecule has 1 N–H and O–H groups in total. The fraction of sp³-hybridized carbons (Fsp3) is 0.208. The Morgan fingerprint density at radius 3 is 2.61 bits per heavy atom. The van der Waals surface area contributed by atoms with Gasteiger partial charge in [-0.3, -0.25) is 4.79 Å². The second-order valence-electron chi connectivity index (χ2n) is 7.50. The Morgan fingerprint density at radius 1 is 1.09 bits per heavy atom. The van der Waals surface area contributed by atoms with Crippen LogP contribution in [0.2, 0.25) is 0 Å². The third kappa shape index (κ3) is 4.79. The molecule has 168 valence electrons. The molecule has 0 radical (unpaired) electrons. The first-order valence-corrected chi connectivity index (χ1v) is 11.4. The van der Waals surface area contributed by atoms with Gasteiger partial charge in [0.05, 0.1) is 18.6 Å². The average Bonchev–Trinajstić information content (AvgIpc) is 3.29. The molecule has 7 nitrogen and oxygen atoms in total. The van der Waals surface area contributed by atoms with Crippen molar-refractivity contribution < 1.29 is 18.7 Å². The van der Waals surface area contributed by atoms with Crippen molar-refractivity contribution >= 4 is 38.8 Å². The zero-order valence-corrected chi connectivity index (χ0v) is 18.5. The van der Waals surface area contributed by atoms with Crippen molar-refractivity contribution in [3.05, 3.63) is 66.1 Å². The van der Waals surface area contributed by atoms with E-state index in [1.807, 2.05) is 29.6 Å². The molecule has 1 aliphatic heterocycles. The lowest BCUT2D eigenvalue weighted by Gasteiger charge is -2.28. The van der Waals surface area contributed by atoms with Crippen LogP contribution in [-0.2, 0) is 9.53 Å². The van der Waals surface area contributed by atoms with Crippen molar-refractivity contribution in [2.45, 2.75) is 0 Å². The maximum absolute atomic E-state index is 13.3. The van der Waals surface area contributed by atoms with Gasteiger partial charge >= 0.3 is 0 Å². The third-order valence-corrected chi connectivity index (χ3v) is 6.24. The van der Waals surface area contributed by atoms with Crippen LogP contribution in [0.5, 0.6) is 5.88 Å². The molecule has 4 aromatic rings. The van der Waals surface area contributed by atoms with Crippen LogP contribution in [0.1, 0.15) is 0 Å². The second-order valence-corrected chi connectivity index (χ2v) is 8.36. The number of halogens is 1. The highest BCUT2D eigenvalue weighted by Crippen LogP contribution is 2.37. The SMILES string of the molecule is O=C(COc1ncnc2scc(-c3ccc(F)cc3)c12)Nc1ccc(N2CCOCC2)cc1. The van der Waals surface area contributed by atoms with Crippen LogP contribution in [0.3, 0.4) is 0 Å². The monoisotopic (exact) mass is 464 g/mol. The number of nitrogens with one attached hydrogen (secondary N) is 1. The lowest BCUT2D eigenvalue weighted by Crippen LogP contribution is -2.36. The second kappa shape index (κ2) is 9.51. The van der Waals surface area contributed by atoms with Gasteiger partial charge in [0.1, 0.15) is 17.0 Å². The van der Waals surface area contributed by atoms with E-state index in [0.29, 0.717) is 17.0 Å². The van der Waals surface area contributed by atoms with E-state index < -0.39 is 0 Å². The van der Waals surface area contributed by atoms with E-state index >= 15 is 0 Å². The van der Waals surface area contributed by atoms with Crippen molar-refractivity contribution in [3.8, 4) is 17.0 Å². The first-order chi connectivity index (χ1) is 16.2. The molecule has 0 bridgehead atoms. The summed E-state index contributed by atoms with van der Waals surface area (Å²) in [6.07, 6.45) is 1.41. The first-order valence-electron chi connectivity index (χ1n) is 10.5. The highest BCUT2D eigenvalue weighted by Gasteiger charge is 2.16. The molecule has 1 saturated heterocycles. The van der Waals surface area contributed by atoms with Gasteiger partial charge in [-0.05, 0) is 42.0 Å². The summed E-state index contributed by atoms with van der Waals surface area (Å²) in [4.78, 5) is 24.0. The quantitative estimate of drug-likeness (QED) is 0.457. The fourth-order valence-electron chi connectivity index (χ4n) is 3.71. The van der Waals surface area contributed by atoms with Crippen molar-refractivity contribution in [3.63, 3.8) is 0 Å². The molecule has 5 rings (SSSR count). The van der Waals surface area contributed by atoms with E-state index in [-0.39, 0.29) is 18.3 Å². The molecule has 3 heterocycles. The summed E-state index contributed by atoms with van der Waals surface area (Å²) in [5.41, 5.74) is 3.45. The van der Waals surface area contributed by atoms with Crippen molar-refractivity contribution in [2.75, 3.05) is 43.1 Å². The molecule has 0 saturated carbocycles. The predicted molar refractivity (Wildman–Crippen MR) is 126 cm³/mol. The van der Waals surface area contributed by atoms with Crippen LogP contribution < -0.4 is 15.0 Å². The number of hydrogen-bond donors (Lipinski definition) is 1. The summed E-state index contributed by atoms with van der Waals surface area (Å²) in [6.45, 7) is 2.96. The number of carbonyl (C=O) groups excluding carboxylic acids is 1. The number of rotatable bonds is 6. The Bertz CT molecular complexity index is 1260. The van der Waals surface area contributed by atoms with Gasteiger partial charge in [-0.25, -0.2) is 14.4 Å². The van der Waals surface area contributed by atoms with E-state index in [2.05, 4.69) is 20.2 Å². The normalized spacial score (nSPS) is 13.8. The Morgan fingerprint density at radius 2 is 1.85 bits per heavy atom. The number of thiophene rings is 1. The van der Waals surface area contributed by atoms with Crippen molar-refractivity contribution in [1.29, 1.82) is 0 Å². The molecule has 0 spiro atoms. The molecule has 0 aliphatic carbocycles. The minimum Gasteiger partial charge on any atom is -0.467 e. The van der Waals surface area contributed by atoms with E-state index in [0.717, 1.165) is 47.9 Å². The maximum Gasteiger partial charge on any atom is 0.262 e. The smallest absolute Gasteiger partial charge is 0.262 e. The molecule has 1 aliphatic rings. The summed E-state index contributed by atoms with van der Waals surface area (Å²) < 4.78 is 24.5. The van der Waals surface area contributed by atoms with Crippen LogP contribution in [0.15, 0.2) is 60.2 Å². The Hall–Kier alpha value is -3.56. The zero-order valence-electron chi connectivity index (χ0n) is 17.7. The third-order valence-electron chi connectivity index (χ3n) is 5.36. The topological polar surface area (TPSA) is 76.6 Å². The zero-order chi connectivity index (χ0) is 22.6. The van der Waals surface area contributed by atoms with E-state index in [1.54, 1.807) is 12.1 Å². The van der Waals surface area contributed by atoms with Crippen LogP contribution in [0.25, 0.3) is 21.3 Å². The summed E-state index contributed by atoms with van der Waals surface area (Å²) in [6, 6.07) is 13.9. The summed E-state index contributed by atoms with van der Waals surface area (Å²) in [5, 5.41) is 5.48. The standard InChI is InChI=1S/C24H21FN4O3S/c25-17-3-1-16(2-4-17)20-14-33-24-22(20)23(26-15-27-24)32-13-21(30)28-18-5-7-19(8-6-18)29-9-11-31-12-10-29/h1-8,14-15H,9-13H2,(H,28,30). The molecule has 1 amide bonds. The lowest BCUT2D eigenvalue weighted by atomic mass is 10.1. The van der Waals surface area contributed by atoms with Gasteiger partial charge in [0.2, 0.25) is 5.88 Å². The van der Waals surface area contributed by atoms with E-state index in [4.69, 9.17) is 9.47 Å². The minimum absolute atomic E-state index is 0.198. The number of ether oxygens (including phenoxy) is 2. The van der Waals surface area contributed by atoms with Crippen molar-refractivity contribution in [2.24, 2.45) is 0 Å². The van der Waals surface area contributed by atoms with Crippen molar-refractivity contribution in [1.82, 2.24) is 9.97 Å². The number of nitrogens with zero attached hydrogens (tertiary/aromatic N) is 3. The number of benzene rings is 2. The fourth-order valence-corrected chi connectivity index (χ4v) is 4.61. The van der Waals surface area contributed by atoms with Crippen LogP contribution >= 0.6 is 11.3 Å². The van der Waals surface area contributed by atoms with Gasteiger partial charge in [0.25, 0.3) is 5.91 Å². The molecule has 2 aromatic heterocycles. The Balaban J connectivity index is 1.26. The van der Waals surface area contributed by atoms with Gasteiger partial charge in [-0.15, -0.1) is 11.3 Å². The molecule has 33 heavy (non-hydrogen) atoms. The predicted octanol–water partition coefficient (Wildman–Crippen LogP) is 4.35. The number of fused-ring (bicyclic) bond motifs is 1. The maximum atomic E-state index is 13.3. The largest absolute Gasteiger partial charge is 0.467 e. The summed E-state index contributed by atoms with van der Waals surface area (Å²) in [7, 11) is 0. The number of carbonyl (C=O) groups is 1. The minimum atomic E-state index is -0.305. The molecule has 0 atom stereocenters. The molecule has 2 aromatic carbocycles. The highest BCUT2D eigenvalue weighted by molar-refractivity contribution is 7.17. The molecular weight excluding hydrogens is 443 g/mol. The first kappa shape index (κ1) is 21.3. The van der Waals surface area contributed by atoms with E-state index in [1.165, 1.54) is 29.8 Å². The lowest BCUT2D eigenvalue weighted by molar-refractivity contribution is -0.118. The summed E-state index contributed by atoms with van der Waals surface area (Å²) >= 11 is 1.44. The Kier molecular flexibility index (Phi) is 6.14. The van der Waals surface area contributed by atoms with Gasteiger partial charge in [0, 0.05) is 35.4 Å². The number of aromatic nitrogens is 2. The summed E-state index contributed by atoms with van der Waals surface area (Å²) in [5.74, 6) is -0.279. The molecule has 0 unspecified atom stereocenters. The molecule has 9 heteroatoms. The van der Waals surface area contributed by atoms with Gasteiger partial charge in [-0.1, -0.05) is 12.1 Å². The van der Waals surface area contributed by atoms with Gasteiger partial charge in [-0.2, -0.15) is 0 Å².